The first-order chi connectivity index (χ1) is 6.65. The molecule has 0 atom stereocenters. The molecule has 0 aromatic rings. The van der Waals surface area contributed by atoms with E-state index < -0.39 is 0 Å². The largest absolute Gasteiger partial charge is 0.375 e. The number of methoxy groups -OCH3 is 1. The van der Waals surface area contributed by atoms with Crippen LogP contribution < -0.4 is 5.73 Å². The number of hydrogen-bond acceptors (Lipinski definition) is 3. The fourth-order valence-corrected chi connectivity index (χ4v) is 1.63. The standard InChI is InChI=1S/C9H16N2O3/c1-14-6-8(12)11-4-2-7(3-5-11)9(10)13/h7H,2-6H2,1H3,(H2,10,13). The fraction of sp³-hybridized carbons (Fsp3) is 0.778. The quantitative estimate of drug-likeness (QED) is 0.658. The molecular formula is C9H16N2O3. The van der Waals surface area contributed by atoms with Crippen molar-refractivity contribution in [3.8, 4) is 0 Å². The van der Waals surface area contributed by atoms with Gasteiger partial charge in [0.15, 0.2) is 0 Å². The maximum atomic E-state index is 11.4. The van der Waals surface area contributed by atoms with Crippen LogP contribution in [-0.2, 0) is 14.3 Å². The second-order valence-corrected chi connectivity index (χ2v) is 3.49. The second-order valence-electron chi connectivity index (χ2n) is 3.49. The van der Waals surface area contributed by atoms with Crippen LogP contribution in [0.5, 0.6) is 0 Å². The Morgan fingerprint density at radius 1 is 1.43 bits per heavy atom. The average Bonchev–Trinajstić information content (AvgIpc) is 2.18. The maximum absolute atomic E-state index is 11.4. The SMILES string of the molecule is COCC(=O)N1CCC(C(N)=O)CC1. The Hall–Kier alpha value is -1.10. The van der Waals surface area contributed by atoms with Gasteiger partial charge in [-0.2, -0.15) is 0 Å². The van der Waals surface area contributed by atoms with Crippen LogP contribution in [0.1, 0.15) is 12.8 Å². The molecule has 1 heterocycles. The Balaban J connectivity index is 2.35. The van der Waals surface area contributed by atoms with Gasteiger partial charge in [-0.15, -0.1) is 0 Å². The summed E-state index contributed by atoms with van der Waals surface area (Å²) in [7, 11) is 1.49. The van der Waals surface area contributed by atoms with E-state index in [1.165, 1.54) is 7.11 Å². The van der Waals surface area contributed by atoms with Crippen molar-refractivity contribution >= 4 is 11.8 Å². The number of nitrogens with zero attached hydrogens (tertiary/aromatic N) is 1. The Morgan fingerprint density at radius 3 is 2.43 bits per heavy atom. The zero-order valence-electron chi connectivity index (χ0n) is 8.36. The van der Waals surface area contributed by atoms with Gasteiger partial charge < -0.3 is 15.4 Å². The molecule has 1 fully saturated rings. The lowest BCUT2D eigenvalue weighted by atomic mass is 9.96. The molecule has 14 heavy (non-hydrogen) atoms. The summed E-state index contributed by atoms with van der Waals surface area (Å²) in [6.07, 6.45) is 1.34. The summed E-state index contributed by atoms with van der Waals surface area (Å²) >= 11 is 0. The van der Waals surface area contributed by atoms with E-state index in [1.807, 2.05) is 0 Å². The van der Waals surface area contributed by atoms with Crippen LogP contribution in [0.3, 0.4) is 0 Å². The van der Waals surface area contributed by atoms with Crippen molar-refractivity contribution < 1.29 is 14.3 Å². The van der Waals surface area contributed by atoms with Crippen LogP contribution in [0.25, 0.3) is 0 Å². The number of amides is 2. The summed E-state index contributed by atoms with van der Waals surface area (Å²) in [4.78, 5) is 23.9. The van der Waals surface area contributed by atoms with E-state index in [4.69, 9.17) is 10.5 Å². The van der Waals surface area contributed by atoms with Gasteiger partial charge in [0.2, 0.25) is 11.8 Å². The van der Waals surface area contributed by atoms with Crippen molar-refractivity contribution in [2.75, 3.05) is 26.8 Å². The lowest BCUT2D eigenvalue weighted by molar-refractivity contribution is -0.138. The molecule has 0 aromatic heterocycles. The zero-order chi connectivity index (χ0) is 10.6. The van der Waals surface area contributed by atoms with Gasteiger partial charge in [-0.25, -0.2) is 0 Å². The van der Waals surface area contributed by atoms with E-state index in [-0.39, 0.29) is 24.3 Å². The second kappa shape index (κ2) is 4.95. The van der Waals surface area contributed by atoms with Crippen molar-refractivity contribution in [2.24, 2.45) is 11.7 Å². The molecule has 0 aliphatic carbocycles. The first kappa shape index (κ1) is 11.0. The number of hydrogen-bond donors (Lipinski definition) is 1. The molecule has 0 unspecified atom stereocenters. The molecule has 0 bridgehead atoms. The average molecular weight is 200 g/mol. The minimum atomic E-state index is -0.260. The van der Waals surface area contributed by atoms with Crippen molar-refractivity contribution in [3.63, 3.8) is 0 Å². The normalized spacial score (nSPS) is 18.2. The molecule has 1 saturated heterocycles. The first-order valence-electron chi connectivity index (χ1n) is 4.71. The van der Waals surface area contributed by atoms with Gasteiger partial charge in [0, 0.05) is 26.1 Å². The third-order valence-electron chi connectivity index (χ3n) is 2.52. The summed E-state index contributed by atoms with van der Waals surface area (Å²) in [6, 6.07) is 0. The summed E-state index contributed by atoms with van der Waals surface area (Å²) < 4.78 is 4.75. The third-order valence-corrected chi connectivity index (χ3v) is 2.52. The van der Waals surface area contributed by atoms with E-state index in [1.54, 1.807) is 4.90 Å². The summed E-state index contributed by atoms with van der Waals surface area (Å²) in [5.41, 5.74) is 5.18. The minimum Gasteiger partial charge on any atom is -0.375 e. The van der Waals surface area contributed by atoms with Gasteiger partial charge in [-0.3, -0.25) is 9.59 Å². The third kappa shape index (κ3) is 2.70. The smallest absolute Gasteiger partial charge is 0.248 e. The first-order valence-corrected chi connectivity index (χ1v) is 4.71. The highest BCUT2D eigenvalue weighted by Gasteiger charge is 2.25. The minimum absolute atomic E-state index is 0.0181. The number of primary amides is 1. The Bertz CT molecular complexity index is 222. The summed E-state index contributed by atoms with van der Waals surface area (Å²) in [6.45, 7) is 1.33. The Labute approximate surface area is 83.2 Å². The van der Waals surface area contributed by atoms with Crippen LogP contribution >= 0.6 is 0 Å². The van der Waals surface area contributed by atoms with Gasteiger partial charge in [0.05, 0.1) is 0 Å². The lowest BCUT2D eigenvalue weighted by Gasteiger charge is -2.30. The molecule has 2 N–H and O–H groups in total. The van der Waals surface area contributed by atoms with E-state index in [0.717, 1.165) is 0 Å². The Morgan fingerprint density at radius 2 is 2.00 bits per heavy atom. The number of ether oxygens (including phenoxy) is 1. The van der Waals surface area contributed by atoms with Gasteiger partial charge in [0.25, 0.3) is 0 Å². The molecule has 80 valence electrons. The molecule has 1 rings (SSSR count). The number of piperidine rings is 1. The predicted molar refractivity (Wildman–Crippen MR) is 50.4 cm³/mol. The lowest BCUT2D eigenvalue weighted by Crippen LogP contribution is -2.43. The summed E-state index contributed by atoms with van der Waals surface area (Å²) in [5.74, 6) is -0.346. The number of likely N-dealkylation sites (tertiary alicyclic amines) is 1. The van der Waals surface area contributed by atoms with Gasteiger partial charge in [-0.1, -0.05) is 0 Å². The van der Waals surface area contributed by atoms with Crippen LogP contribution in [0.15, 0.2) is 0 Å². The van der Waals surface area contributed by atoms with Gasteiger partial charge in [0.1, 0.15) is 6.61 Å². The van der Waals surface area contributed by atoms with E-state index in [0.29, 0.717) is 25.9 Å². The molecule has 1 aliphatic rings. The summed E-state index contributed by atoms with van der Waals surface area (Å²) in [5, 5.41) is 0. The maximum Gasteiger partial charge on any atom is 0.248 e. The number of carbonyl (C=O) groups is 2. The van der Waals surface area contributed by atoms with Gasteiger partial charge in [-0.05, 0) is 12.8 Å². The zero-order valence-corrected chi connectivity index (χ0v) is 8.36. The van der Waals surface area contributed by atoms with Crippen molar-refractivity contribution in [3.05, 3.63) is 0 Å². The van der Waals surface area contributed by atoms with Crippen molar-refractivity contribution in [2.45, 2.75) is 12.8 Å². The fourth-order valence-electron chi connectivity index (χ4n) is 1.63. The molecule has 0 aromatic carbocycles. The predicted octanol–water partition coefficient (Wildman–Crippen LogP) is -0.643. The molecule has 5 heteroatoms. The number of nitrogens with two attached hydrogens (primary N) is 1. The highest BCUT2D eigenvalue weighted by atomic mass is 16.5. The molecule has 0 spiro atoms. The number of rotatable bonds is 3. The van der Waals surface area contributed by atoms with Gasteiger partial charge >= 0.3 is 0 Å². The molecular weight excluding hydrogens is 184 g/mol. The van der Waals surface area contributed by atoms with Crippen molar-refractivity contribution in [1.29, 1.82) is 0 Å². The highest BCUT2D eigenvalue weighted by molar-refractivity contribution is 5.79. The number of carbonyl (C=O) groups excluding carboxylic acids is 2. The van der Waals surface area contributed by atoms with Crippen LogP contribution in [0.2, 0.25) is 0 Å². The van der Waals surface area contributed by atoms with E-state index in [2.05, 4.69) is 0 Å². The molecule has 2 amide bonds. The van der Waals surface area contributed by atoms with Crippen LogP contribution in [-0.4, -0.2) is 43.5 Å². The topological polar surface area (TPSA) is 72.6 Å². The molecule has 0 radical (unpaired) electrons. The van der Waals surface area contributed by atoms with Crippen LogP contribution in [0.4, 0.5) is 0 Å². The molecule has 5 nitrogen and oxygen atoms in total. The van der Waals surface area contributed by atoms with Crippen molar-refractivity contribution in [1.82, 2.24) is 4.90 Å². The van der Waals surface area contributed by atoms with Crippen LogP contribution in [0, 0.1) is 5.92 Å². The molecule has 1 aliphatic heterocycles. The van der Waals surface area contributed by atoms with E-state index >= 15 is 0 Å². The van der Waals surface area contributed by atoms with E-state index in [9.17, 15) is 9.59 Å². The highest BCUT2D eigenvalue weighted by Crippen LogP contribution is 2.16. The monoisotopic (exact) mass is 200 g/mol. The Kier molecular flexibility index (Phi) is 3.88. The molecule has 0 saturated carbocycles.